The van der Waals surface area contributed by atoms with E-state index in [1.54, 1.807) is 24.3 Å². The lowest BCUT2D eigenvalue weighted by atomic mass is 10.1. The van der Waals surface area contributed by atoms with Gasteiger partial charge in [-0.3, -0.25) is 14.4 Å². The number of ether oxygens (including phenoxy) is 3. The van der Waals surface area contributed by atoms with Crippen LogP contribution in [0.25, 0.3) is 0 Å². The van der Waals surface area contributed by atoms with Crippen molar-refractivity contribution in [2.45, 2.75) is 12.8 Å². The number of Topliss-reactive ketones (excluding diaryl/α,β-unsaturated/α-hetero) is 1. The number of hydrogen-bond acceptors (Lipinski definition) is 6. The molecule has 20 heavy (non-hydrogen) atoms. The van der Waals surface area contributed by atoms with Gasteiger partial charge in [-0.2, -0.15) is 0 Å². The molecule has 108 valence electrons. The summed E-state index contributed by atoms with van der Waals surface area (Å²) in [5.74, 6) is -0.795. The minimum Gasteiger partial charge on any atom is -0.497 e. The highest BCUT2D eigenvalue weighted by atomic mass is 16.5. The number of ketones is 1. The summed E-state index contributed by atoms with van der Waals surface area (Å²) < 4.78 is 14.1. The van der Waals surface area contributed by atoms with E-state index in [0.29, 0.717) is 11.3 Å². The summed E-state index contributed by atoms with van der Waals surface area (Å²) in [5.41, 5.74) is 0.423. The summed E-state index contributed by atoms with van der Waals surface area (Å²) in [6, 6.07) is 6.46. The minimum atomic E-state index is -0.614. The van der Waals surface area contributed by atoms with Crippen LogP contribution in [0.15, 0.2) is 24.3 Å². The zero-order chi connectivity index (χ0) is 15.0. The molecule has 0 aliphatic carbocycles. The van der Waals surface area contributed by atoms with Gasteiger partial charge in [0, 0.05) is 5.56 Å². The Morgan fingerprint density at radius 2 is 1.55 bits per heavy atom. The van der Waals surface area contributed by atoms with Crippen LogP contribution >= 0.6 is 0 Å². The molecule has 0 aliphatic heterocycles. The van der Waals surface area contributed by atoms with Gasteiger partial charge in [-0.05, 0) is 24.3 Å². The van der Waals surface area contributed by atoms with Crippen molar-refractivity contribution >= 4 is 17.7 Å². The SMILES string of the molecule is COC(=O)CCC(=O)OCC(=O)c1ccc(OC)cc1. The number of rotatable bonds is 7. The molecule has 6 nitrogen and oxygen atoms in total. The Morgan fingerprint density at radius 3 is 2.10 bits per heavy atom. The molecule has 1 aromatic carbocycles. The van der Waals surface area contributed by atoms with Crippen molar-refractivity contribution in [1.82, 2.24) is 0 Å². The monoisotopic (exact) mass is 280 g/mol. The molecule has 0 heterocycles. The van der Waals surface area contributed by atoms with Gasteiger partial charge in [0.25, 0.3) is 0 Å². The molecule has 0 radical (unpaired) electrons. The Hall–Kier alpha value is -2.37. The first kappa shape index (κ1) is 15.7. The molecule has 0 unspecified atom stereocenters. The van der Waals surface area contributed by atoms with Crippen molar-refractivity contribution in [3.05, 3.63) is 29.8 Å². The molecular weight excluding hydrogens is 264 g/mol. The zero-order valence-corrected chi connectivity index (χ0v) is 11.4. The van der Waals surface area contributed by atoms with Gasteiger partial charge >= 0.3 is 11.9 Å². The van der Waals surface area contributed by atoms with Gasteiger partial charge in [-0.25, -0.2) is 0 Å². The highest BCUT2D eigenvalue weighted by molar-refractivity contribution is 5.98. The maximum Gasteiger partial charge on any atom is 0.306 e. The normalized spacial score (nSPS) is 9.70. The lowest BCUT2D eigenvalue weighted by molar-refractivity contribution is -0.148. The van der Waals surface area contributed by atoms with E-state index in [2.05, 4.69) is 4.74 Å². The molecule has 0 aliphatic rings. The van der Waals surface area contributed by atoms with Crippen LogP contribution in [0, 0.1) is 0 Å². The van der Waals surface area contributed by atoms with E-state index in [1.807, 2.05) is 0 Å². The highest BCUT2D eigenvalue weighted by Crippen LogP contribution is 2.11. The average Bonchev–Trinajstić information content (AvgIpc) is 2.50. The smallest absolute Gasteiger partial charge is 0.306 e. The lowest BCUT2D eigenvalue weighted by Crippen LogP contribution is -2.15. The van der Waals surface area contributed by atoms with Gasteiger partial charge in [0.05, 0.1) is 27.1 Å². The number of hydrogen-bond donors (Lipinski definition) is 0. The quantitative estimate of drug-likeness (QED) is 0.554. The van der Waals surface area contributed by atoms with E-state index >= 15 is 0 Å². The molecule has 0 fully saturated rings. The van der Waals surface area contributed by atoms with Gasteiger partial charge in [-0.15, -0.1) is 0 Å². The lowest BCUT2D eigenvalue weighted by Gasteiger charge is -2.05. The van der Waals surface area contributed by atoms with Crippen LogP contribution in [0.3, 0.4) is 0 Å². The predicted molar refractivity (Wildman–Crippen MR) is 69.5 cm³/mol. The summed E-state index contributed by atoms with van der Waals surface area (Å²) in [6.07, 6.45) is -0.172. The minimum absolute atomic E-state index is 0.0634. The fourth-order valence-electron chi connectivity index (χ4n) is 1.38. The Kier molecular flexibility index (Phi) is 6.22. The van der Waals surface area contributed by atoms with E-state index < -0.39 is 11.9 Å². The van der Waals surface area contributed by atoms with Crippen LogP contribution in [0.5, 0.6) is 5.75 Å². The van der Waals surface area contributed by atoms with Crippen molar-refractivity contribution in [1.29, 1.82) is 0 Å². The molecule has 0 aromatic heterocycles. The Bertz CT molecular complexity index is 477. The third-order valence-corrected chi connectivity index (χ3v) is 2.54. The van der Waals surface area contributed by atoms with Crippen LogP contribution in [0.4, 0.5) is 0 Å². The van der Waals surface area contributed by atoms with Crippen molar-refractivity contribution < 1.29 is 28.6 Å². The van der Waals surface area contributed by atoms with Crippen LogP contribution in [-0.4, -0.2) is 38.5 Å². The third kappa shape index (κ3) is 5.09. The number of esters is 2. The third-order valence-electron chi connectivity index (χ3n) is 2.54. The van der Waals surface area contributed by atoms with Crippen molar-refractivity contribution in [3.63, 3.8) is 0 Å². The molecule has 0 amide bonds. The largest absolute Gasteiger partial charge is 0.497 e. The van der Waals surface area contributed by atoms with Crippen molar-refractivity contribution in [3.8, 4) is 5.75 Å². The zero-order valence-electron chi connectivity index (χ0n) is 11.4. The summed E-state index contributed by atoms with van der Waals surface area (Å²) in [5, 5.41) is 0. The molecule has 0 saturated carbocycles. The van der Waals surface area contributed by atoms with Crippen LogP contribution in [-0.2, 0) is 19.1 Å². The van der Waals surface area contributed by atoms with Gasteiger partial charge in [0.2, 0.25) is 0 Å². The molecule has 6 heteroatoms. The van der Waals surface area contributed by atoms with Crippen LogP contribution in [0.1, 0.15) is 23.2 Å². The molecule has 0 atom stereocenters. The second-order valence-corrected chi connectivity index (χ2v) is 3.89. The van der Waals surface area contributed by atoms with Gasteiger partial charge in [0.1, 0.15) is 5.75 Å². The van der Waals surface area contributed by atoms with E-state index in [4.69, 9.17) is 9.47 Å². The van der Waals surface area contributed by atoms with Crippen LogP contribution in [0.2, 0.25) is 0 Å². The van der Waals surface area contributed by atoms with E-state index in [0.717, 1.165) is 0 Å². The summed E-state index contributed by atoms with van der Waals surface area (Å²) in [7, 11) is 2.76. The number of carbonyl (C=O) groups is 3. The first-order chi connectivity index (χ1) is 9.56. The van der Waals surface area contributed by atoms with E-state index in [1.165, 1.54) is 14.2 Å². The van der Waals surface area contributed by atoms with Gasteiger partial charge in [-0.1, -0.05) is 0 Å². The second kappa shape index (κ2) is 7.93. The number of benzene rings is 1. The molecule has 1 rings (SSSR count). The first-order valence-electron chi connectivity index (χ1n) is 5.96. The van der Waals surface area contributed by atoms with Gasteiger partial charge < -0.3 is 14.2 Å². The molecule has 0 spiro atoms. The van der Waals surface area contributed by atoms with Crippen LogP contribution < -0.4 is 4.74 Å². The van der Waals surface area contributed by atoms with E-state index in [-0.39, 0.29) is 25.2 Å². The Morgan fingerprint density at radius 1 is 0.950 bits per heavy atom. The topological polar surface area (TPSA) is 78.9 Å². The number of methoxy groups -OCH3 is 2. The number of carbonyl (C=O) groups excluding carboxylic acids is 3. The fraction of sp³-hybridized carbons (Fsp3) is 0.357. The molecule has 1 aromatic rings. The predicted octanol–water partition coefficient (Wildman–Crippen LogP) is 1.37. The Labute approximate surface area is 116 Å². The summed E-state index contributed by atoms with van der Waals surface area (Å²) in [4.78, 5) is 33.9. The maximum absolute atomic E-state index is 11.7. The molecule has 0 bridgehead atoms. The summed E-state index contributed by atoms with van der Waals surface area (Å²) >= 11 is 0. The van der Waals surface area contributed by atoms with Crippen molar-refractivity contribution in [2.75, 3.05) is 20.8 Å². The first-order valence-corrected chi connectivity index (χ1v) is 5.96. The average molecular weight is 280 g/mol. The second-order valence-electron chi connectivity index (χ2n) is 3.89. The molecule has 0 N–H and O–H groups in total. The van der Waals surface area contributed by atoms with Crippen molar-refractivity contribution in [2.24, 2.45) is 0 Å². The maximum atomic E-state index is 11.7. The Balaban J connectivity index is 2.38. The molecular formula is C14H16O6. The summed E-state index contributed by atoms with van der Waals surface area (Å²) in [6.45, 7) is -0.355. The standard InChI is InChI=1S/C14H16O6/c1-18-11-5-3-10(4-6-11)12(15)9-20-14(17)8-7-13(16)19-2/h3-6H,7-9H2,1-2H3. The fourth-order valence-corrected chi connectivity index (χ4v) is 1.38. The van der Waals surface area contributed by atoms with Gasteiger partial charge in [0.15, 0.2) is 12.4 Å². The molecule has 0 saturated heterocycles. The van der Waals surface area contributed by atoms with E-state index in [9.17, 15) is 14.4 Å². The highest BCUT2D eigenvalue weighted by Gasteiger charge is 2.12.